The van der Waals surface area contributed by atoms with E-state index in [9.17, 15) is 0 Å². The molecule has 0 amide bonds. The molecule has 1 aromatic carbocycles. The van der Waals surface area contributed by atoms with Crippen LogP contribution < -0.4 is 5.32 Å². The van der Waals surface area contributed by atoms with Gasteiger partial charge in [-0.05, 0) is 53.6 Å². The lowest BCUT2D eigenvalue weighted by Gasteiger charge is -2.20. The van der Waals surface area contributed by atoms with E-state index in [1.54, 1.807) is 0 Å². The molecule has 18 heavy (non-hydrogen) atoms. The minimum Gasteiger partial charge on any atom is -0.310 e. The monoisotopic (exact) mass is 259 g/mol. The van der Waals surface area contributed by atoms with Gasteiger partial charge >= 0.3 is 0 Å². The summed E-state index contributed by atoms with van der Waals surface area (Å²) in [6.07, 6.45) is 2.58. The molecule has 2 aromatic rings. The van der Waals surface area contributed by atoms with Gasteiger partial charge in [0.1, 0.15) is 0 Å². The van der Waals surface area contributed by atoms with E-state index in [1.807, 2.05) is 11.3 Å². The van der Waals surface area contributed by atoms with Crippen molar-refractivity contribution in [1.82, 2.24) is 5.32 Å². The molecule has 1 aliphatic rings. The van der Waals surface area contributed by atoms with E-state index in [-0.39, 0.29) is 0 Å². The first-order valence-corrected chi connectivity index (χ1v) is 7.88. The number of nitrogens with one attached hydrogen (secondary N) is 1. The minimum atomic E-state index is 0.558. The highest BCUT2D eigenvalue weighted by Crippen LogP contribution is 2.48. The highest BCUT2D eigenvalue weighted by molar-refractivity contribution is 7.17. The van der Waals surface area contributed by atoms with Gasteiger partial charge in [0.05, 0.1) is 0 Å². The van der Waals surface area contributed by atoms with Gasteiger partial charge in [-0.1, -0.05) is 32.0 Å². The maximum Gasteiger partial charge on any atom is 0.0390 e. The lowest BCUT2D eigenvalue weighted by Crippen LogP contribution is -2.24. The third kappa shape index (κ3) is 2.19. The van der Waals surface area contributed by atoms with E-state index in [0.29, 0.717) is 6.04 Å². The van der Waals surface area contributed by atoms with Gasteiger partial charge in [-0.25, -0.2) is 0 Å². The summed E-state index contributed by atoms with van der Waals surface area (Å²) in [5.74, 6) is 1.72. The summed E-state index contributed by atoms with van der Waals surface area (Å²) < 4.78 is 1.48. The van der Waals surface area contributed by atoms with Gasteiger partial charge in [0.15, 0.2) is 0 Å². The van der Waals surface area contributed by atoms with Crippen LogP contribution in [0.3, 0.4) is 0 Å². The number of hydrogen-bond donors (Lipinski definition) is 1. The molecular formula is C16H21NS. The Morgan fingerprint density at radius 3 is 2.94 bits per heavy atom. The predicted molar refractivity (Wildman–Crippen MR) is 80.1 cm³/mol. The van der Waals surface area contributed by atoms with Crippen LogP contribution in [0.5, 0.6) is 0 Å². The number of fused-ring (bicyclic) bond motifs is 1. The first kappa shape index (κ1) is 12.2. The van der Waals surface area contributed by atoms with Crippen molar-refractivity contribution in [3.8, 4) is 0 Å². The summed E-state index contributed by atoms with van der Waals surface area (Å²) in [5.41, 5.74) is 1.52. The molecule has 0 bridgehead atoms. The molecule has 0 saturated heterocycles. The Morgan fingerprint density at radius 1 is 1.39 bits per heavy atom. The highest BCUT2D eigenvalue weighted by atomic mass is 32.1. The fourth-order valence-electron chi connectivity index (χ4n) is 2.87. The summed E-state index contributed by atoms with van der Waals surface area (Å²) >= 11 is 1.88. The van der Waals surface area contributed by atoms with Gasteiger partial charge in [-0.3, -0.25) is 0 Å². The van der Waals surface area contributed by atoms with E-state index in [1.165, 1.54) is 28.5 Å². The summed E-state index contributed by atoms with van der Waals surface area (Å²) in [6, 6.07) is 9.54. The zero-order valence-electron chi connectivity index (χ0n) is 11.1. The molecule has 1 N–H and O–H groups in total. The molecule has 96 valence electrons. The Kier molecular flexibility index (Phi) is 3.40. The van der Waals surface area contributed by atoms with Crippen LogP contribution in [-0.4, -0.2) is 6.54 Å². The Hall–Kier alpha value is -0.860. The molecule has 1 saturated carbocycles. The van der Waals surface area contributed by atoms with Crippen LogP contribution in [0.4, 0.5) is 0 Å². The molecule has 2 heteroatoms. The molecular weight excluding hydrogens is 238 g/mol. The smallest absolute Gasteiger partial charge is 0.0390 e. The minimum absolute atomic E-state index is 0.558. The van der Waals surface area contributed by atoms with Crippen LogP contribution in [0.1, 0.15) is 38.3 Å². The number of rotatable bonds is 5. The highest BCUT2D eigenvalue weighted by Gasteiger charge is 2.40. The molecule has 0 spiro atoms. The largest absolute Gasteiger partial charge is 0.310 e. The van der Waals surface area contributed by atoms with Crippen LogP contribution in [-0.2, 0) is 0 Å². The zero-order chi connectivity index (χ0) is 12.5. The second kappa shape index (κ2) is 5.02. The average Bonchev–Trinajstić information content (AvgIpc) is 2.92. The summed E-state index contributed by atoms with van der Waals surface area (Å²) in [7, 11) is 0. The average molecular weight is 259 g/mol. The normalized spacial score (nSPS) is 24.3. The van der Waals surface area contributed by atoms with E-state index < -0.39 is 0 Å². The fourth-order valence-corrected chi connectivity index (χ4v) is 3.82. The molecule has 1 aliphatic carbocycles. The quantitative estimate of drug-likeness (QED) is 0.827. The van der Waals surface area contributed by atoms with Crippen LogP contribution in [0.2, 0.25) is 0 Å². The van der Waals surface area contributed by atoms with Crippen molar-refractivity contribution < 1.29 is 0 Å². The number of benzene rings is 1. The van der Waals surface area contributed by atoms with Crippen molar-refractivity contribution in [3.05, 3.63) is 35.2 Å². The lowest BCUT2D eigenvalue weighted by molar-refractivity contribution is 0.466. The first-order chi connectivity index (χ1) is 8.81. The maximum absolute atomic E-state index is 3.77. The molecule has 0 radical (unpaired) electrons. The molecule has 3 atom stereocenters. The molecule has 3 unspecified atom stereocenters. The molecule has 0 aliphatic heterocycles. The number of thiophene rings is 1. The molecule has 1 fully saturated rings. The van der Waals surface area contributed by atoms with Crippen LogP contribution >= 0.6 is 11.3 Å². The van der Waals surface area contributed by atoms with Crippen molar-refractivity contribution in [2.75, 3.05) is 6.54 Å². The predicted octanol–water partition coefficient (Wildman–Crippen LogP) is 4.60. The van der Waals surface area contributed by atoms with Crippen molar-refractivity contribution in [2.45, 2.75) is 32.7 Å². The van der Waals surface area contributed by atoms with Crippen molar-refractivity contribution in [1.29, 1.82) is 0 Å². The SMILES string of the molecule is CCCNC(c1cccc2ccsc12)C1CC1C. The van der Waals surface area contributed by atoms with Gasteiger partial charge in [-0.2, -0.15) is 0 Å². The second-order valence-corrected chi connectivity index (χ2v) is 6.41. The fraction of sp³-hybridized carbons (Fsp3) is 0.500. The third-order valence-electron chi connectivity index (χ3n) is 4.06. The van der Waals surface area contributed by atoms with Gasteiger partial charge in [0.2, 0.25) is 0 Å². The van der Waals surface area contributed by atoms with Gasteiger partial charge in [0.25, 0.3) is 0 Å². The Bertz CT molecular complexity index is 531. The first-order valence-electron chi connectivity index (χ1n) is 7.00. The van der Waals surface area contributed by atoms with Crippen molar-refractivity contribution in [2.24, 2.45) is 11.8 Å². The van der Waals surface area contributed by atoms with Crippen molar-refractivity contribution in [3.63, 3.8) is 0 Å². The number of hydrogen-bond acceptors (Lipinski definition) is 2. The zero-order valence-corrected chi connectivity index (χ0v) is 12.0. The maximum atomic E-state index is 3.77. The van der Waals surface area contributed by atoms with E-state index in [0.717, 1.165) is 18.4 Å². The van der Waals surface area contributed by atoms with E-state index >= 15 is 0 Å². The summed E-state index contributed by atoms with van der Waals surface area (Å²) in [6.45, 7) is 5.74. The second-order valence-electron chi connectivity index (χ2n) is 5.49. The third-order valence-corrected chi connectivity index (χ3v) is 5.04. The Morgan fingerprint density at radius 2 is 2.22 bits per heavy atom. The molecule has 1 aromatic heterocycles. The summed E-state index contributed by atoms with van der Waals surface area (Å²) in [5, 5.41) is 7.37. The van der Waals surface area contributed by atoms with Gasteiger partial charge in [0, 0.05) is 10.7 Å². The van der Waals surface area contributed by atoms with Gasteiger partial charge in [-0.15, -0.1) is 11.3 Å². The van der Waals surface area contributed by atoms with E-state index in [2.05, 4.69) is 48.8 Å². The van der Waals surface area contributed by atoms with Crippen LogP contribution in [0.25, 0.3) is 10.1 Å². The summed E-state index contributed by atoms with van der Waals surface area (Å²) in [4.78, 5) is 0. The van der Waals surface area contributed by atoms with Gasteiger partial charge < -0.3 is 5.32 Å². The topological polar surface area (TPSA) is 12.0 Å². The molecule has 1 heterocycles. The molecule has 1 nitrogen and oxygen atoms in total. The van der Waals surface area contributed by atoms with Crippen molar-refractivity contribution >= 4 is 21.4 Å². The van der Waals surface area contributed by atoms with Crippen LogP contribution in [0, 0.1) is 11.8 Å². The molecule has 3 rings (SSSR count). The van der Waals surface area contributed by atoms with Crippen LogP contribution in [0.15, 0.2) is 29.6 Å². The standard InChI is InChI=1S/C16H21NS/c1-3-8-17-15(14-10-11(14)2)13-6-4-5-12-7-9-18-16(12)13/h4-7,9,11,14-15,17H,3,8,10H2,1-2H3. The van der Waals surface area contributed by atoms with E-state index in [4.69, 9.17) is 0 Å². The Labute approximate surface area is 113 Å². The lowest BCUT2D eigenvalue weighted by atomic mass is 9.99. The Balaban J connectivity index is 1.95.